The van der Waals surface area contributed by atoms with Crippen LogP contribution >= 0.6 is 0 Å². The molecule has 0 aromatic heterocycles. The number of carboxylic acid groups (broad SMARTS) is 1. The van der Waals surface area contributed by atoms with E-state index in [1.807, 2.05) is 18.7 Å². The molecule has 0 saturated heterocycles. The highest BCUT2D eigenvalue weighted by Gasteiger charge is 2.14. The second-order valence-electron chi connectivity index (χ2n) is 3.55. The molecule has 2 N–H and O–H groups in total. The van der Waals surface area contributed by atoms with Gasteiger partial charge in [0, 0.05) is 12.6 Å². The monoisotopic (exact) mass is 203 g/mol. The lowest BCUT2D eigenvalue weighted by molar-refractivity contribution is -0.138. The number of unbranched alkanes of at least 4 members (excludes halogenated alkanes) is 1. The summed E-state index contributed by atoms with van der Waals surface area (Å²) in [6, 6.07) is 0.296. The van der Waals surface area contributed by atoms with Crippen LogP contribution in [0.2, 0.25) is 0 Å². The number of aliphatic hydroxyl groups is 1. The van der Waals surface area contributed by atoms with E-state index in [0.717, 1.165) is 25.8 Å². The molecule has 0 bridgehead atoms. The zero-order valence-electron chi connectivity index (χ0n) is 9.07. The Labute approximate surface area is 85.5 Å². The fraction of sp³-hybridized carbons (Fsp3) is 0.900. The number of hydrogen-bond donors (Lipinski definition) is 2. The molecule has 0 saturated carbocycles. The molecule has 0 heterocycles. The quantitative estimate of drug-likeness (QED) is 0.576. The van der Waals surface area contributed by atoms with Crippen molar-refractivity contribution in [1.82, 2.24) is 4.90 Å². The Morgan fingerprint density at radius 3 is 2.50 bits per heavy atom. The zero-order valence-corrected chi connectivity index (χ0v) is 9.07. The third kappa shape index (κ3) is 5.94. The van der Waals surface area contributed by atoms with E-state index in [9.17, 15) is 4.79 Å². The summed E-state index contributed by atoms with van der Waals surface area (Å²) in [5.74, 6) is -0.783. The van der Waals surface area contributed by atoms with Gasteiger partial charge in [0.2, 0.25) is 0 Å². The van der Waals surface area contributed by atoms with Crippen LogP contribution in [0.1, 0.15) is 33.1 Å². The first-order valence-corrected chi connectivity index (χ1v) is 5.18. The van der Waals surface area contributed by atoms with Gasteiger partial charge < -0.3 is 10.2 Å². The third-order valence-electron chi connectivity index (χ3n) is 2.41. The number of rotatable bonds is 8. The molecule has 0 amide bonds. The van der Waals surface area contributed by atoms with Crippen LogP contribution in [0.5, 0.6) is 0 Å². The molecule has 0 radical (unpaired) electrons. The highest BCUT2D eigenvalue weighted by molar-refractivity contribution is 5.69. The van der Waals surface area contributed by atoms with Gasteiger partial charge in [-0.05, 0) is 32.7 Å². The second kappa shape index (κ2) is 7.76. The van der Waals surface area contributed by atoms with Gasteiger partial charge in [0.25, 0.3) is 0 Å². The first-order valence-electron chi connectivity index (χ1n) is 5.18. The Kier molecular flexibility index (Phi) is 7.42. The minimum absolute atomic E-state index is 0.0977. The molecule has 0 aromatic rings. The van der Waals surface area contributed by atoms with Crippen molar-refractivity contribution in [3.05, 3.63) is 0 Å². The van der Waals surface area contributed by atoms with E-state index in [2.05, 4.69) is 0 Å². The van der Waals surface area contributed by atoms with Gasteiger partial charge in [0.05, 0.1) is 6.54 Å². The molecule has 0 fully saturated rings. The van der Waals surface area contributed by atoms with E-state index in [1.165, 1.54) is 0 Å². The van der Waals surface area contributed by atoms with E-state index in [4.69, 9.17) is 10.2 Å². The molecule has 84 valence electrons. The molecule has 14 heavy (non-hydrogen) atoms. The zero-order chi connectivity index (χ0) is 11.0. The highest BCUT2D eigenvalue weighted by atomic mass is 16.4. The minimum atomic E-state index is -0.783. The Morgan fingerprint density at radius 1 is 1.43 bits per heavy atom. The Bertz CT molecular complexity index is 161. The smallest absolute Gasteiger partial charge is 0.317 e. The number of hydrogen-bond acceptors (Lipinski definition) is 3. The summed E-state index contributed by atoms with van der Waals surface area (Å²) in [5, 5.41) is 17.3. The maximum Gasteiger partial charge on any atom is 0.317 e. The van der Waals surface area contributed by atoms with Crippen molar-refractivity contribution in [2.24, 2.45) is 0 Å². The maximum absolute atomic E-state index is 10.6. The second-order valence-corrected chi connectivity index (χ2v) is 3.55. The van der Waals surface area contributed by atoms with E-state index >= 15 is 0 Å². The summed E-state index contributed by atoms with van der Waals surface area (Å²) in [5.41, 5.74) is 0. The summed E-state index contributed by atoms with van der Waals surface area (Å²) in [6.07, 6.45) is 2.55. The SMILES string of the molecule is CCC(C)N(CCCCO)CC(=O)O. The van der Waals surface area contributed by atoms with Gasteiger partial charge >= 0.3 is 5.97 Å². The van der Waals surface area contributed by atoms with Crippen LogP contribution in [0.25, 0.3) is 0 Å². The fourth-order valence-corrected chi connectivity index (χ4v) is 1.31. The molecule has 4 nitrogen and oxygen atoms in total. The summed E-state index contributed by atoms with van der Waals surface area (Å²) >= 11 is 0. The van der Waals surface area contributed by atoms with E-state index < -0.39 is 5.97 Å². The standard InChI is InChI=1S/C10H21NO3/c1-3-9(2)11(8-10(13)14)6-4-5-7-12/h9,12H,3-8H2,1-2H3,(H,13,14). The number of carbonyl (C=O) groups is 1. The predicted octanol–water partition coefficient (Wildman–Crippen LogP) is 0.944. The van der Waals surface area contributed by atoms with Crippen LogP contribution in [0, 0.1) is 0 Å². The largest absolute Gasteiger partial charge is 0.480 e. The lowest BCUT2D eigenvalue weighted by Crippen LogP contribution is -2.37. The van der Waals surface area contributed by atoms with Crippen LogP contribution < -0.4 is 0 Å². The number of aliphatic hydroxyl groups excluding tert-OH is 1. The summed E-state index contributed by atoms with van der Waals surface area (Å²) < 4.78 is 0. The lowest BCUT2D eigenvalue weighted by atomic mass is 10.2. The predicted molar refractivity (Wildman–Crippen MR) is 55.3 cm³/mol. The van der Waals surface area contributed by atoms with Crippen LogP contribution in [-0.2, 0) is 4.79 Å². The van der Waals surface area contributed by atoms with Crippen molar-refractivity contribution in [3.8, 4) is 0 Å². The van der Waals surface area contributed by atoms with Gasteiger partial charge in [0.1, 0.15) is 0 Å². The van der Waals surface area contributed by atoms with Crippen molar-refractivity contribution in [2.45, 2.75) is 39.2 Å². The van der Waals surface area contributed by atoms with Crippen molar-refractivity contribution in [2.75, 3.05) is 19.7 Å². The van der Waals surface area contributed by atoms with Crippen molar-refractivity contribution >= 4 is 5.97 Å². The molecule has 0 aliphatic carbocycles. The Balaban J connectivity index is 3.90. The molecule has 1 atom stereocenters. The van der Waals surface area contributed by atoms with E-state index in [1.54, 1.807) is 0 Å². The molecule has 0 rings (SSSR count). The maximum atomic E-state index is 10.6. The van der Waals surface area contributed by atoms with Gasteiger partial charge in [-0.25, -0.2) is 0 Å². The van der Waals surface area contributed by atoms with Crippen molar-refractivity contribution in [1.29, 1.82) is 0 Å². The van der Waals surface area contributed by atoms with Crippen molar-refractivity contribution in [3.63, 3.8) is 0 Å². The molecular formula is C10H21NO3. The summed E-state index contributed by atoms with van der Waals surface area (Å²) in [4.78, 5) is 12.5. The first-order chi connectivity index (χ1) is 6.61. The van der Waals surface area contributed by atoms with Crippen LogP contribution in [0.4, 0.5) is 0 Å². The average molecular weight is 203 g/mol. The number of carboxylic acids is 1. The Morgan fingerprint density at radius 2 is 2.07 bits per heavy atom. The first kappa shape index (κ1) is 13.4. The molecule has 4 heteroatoms. The Hall–Kier alpha value is -0.610. The van der Waals surface area contributed by atoms with Gasteiger partial charge in [-0.2, -0.15) is 0 Å². The topological polar surface area (TPSA) is 60.8 Å². The van der Waals surface area contributed by atoms with Crippen molar-refractivity contribution < 1.29 is 15.0 Å². The lowest BCUT2D eigenvalue weighted by Gasteiger charge is -2.26. The average Bonchev–Trinajstić information content (AvgIpc) is 2.15. The van der Waals surface area contributed by atoms with E-state index in [0.29, 0.717) is 6.04 Å². The van der Waals surface area contributed by atoms with Gasteiger partial charge in [-0.3, -0.25) is 9.69 Å². The summed E-state index contributed by atoms with van der Waals surface area (Å²) in [7, 11) is 0. The number of aliphatic carboxylic acids is 1. The molecule has 0 spiro atoms. The summed E-state index contributed by atoms with van der Waals surface area (Å²) in [6.45, 7) is 5.11. The van der Waals surface area contributed by atoms with Crippen LogP contribution in [-0.4, -0.2) is 46.8 Å². The number of nitrogens with zero attached hydrogens (tertiary/aromatic N) is 1. The third-order valence-corrected chi connectivity index (χ3v) is 2.41. The molecule has 0 aromatic carbocycles. The van der Waals surface area contributed by atoms with Gasteiger partial charge in [-0.1, -0.05) is 6.92 Å². The normalized spacial score (nSPS) is 13.1. The van der Waals surface area contributed by atoms with Crippen LogP contribution in [0.3, 0.4) is 0 Å². The van der Waals surface area contributed by atoms with Crippen LogP contribution in [0.15, 0.2) is 0 Å². The van der Waals surface area contributed by atoms with E-state index in [-0.39, 0.29) is 13.2 Å². The fourth-order valence-electron chi connectivity index (χ4n) is 1.31. The highest BCUT2D eigenvalue weighted by Crippen LogP contribution is 2.05. The minimum Gasteiger partial charge on any atom is -0.480 e. The molecule has 1 unspecified atom stereocenters. The molecular weight excluding hydrogens is 182 g/mol. The van der Waals surface area contributed by atoms with Gasteiger partial charge in [0.15, 0.2) is 0 Å². The molecule has 0 aliphatic rings. The molecule has 0 aliphatic heterocycles. The van der Waals surface area contributed by atoms with Gasteiger partial charge in [-0.15, -0.1) is 0 Å².